The number of benzene rings is 2. The van der Waals surface area contributed by atoms with Crippen LogP contribution in [0.4, 0.5) is 11.4 Å². The van der Waals surface area contributed by atoms with Crippen LogP contribution in [-0.2, 0) is 21.9 Å². The highest BCUT2D eigenvalue weighted by molar-refractivity contribution is 7.92. The molecule has 1 amide bonds. The van der Waals surface area contributed by atoms with Crippen molar-refractivity contribution in [3.63, 3.8) is 0 Å². The van der Waals surface area contributed by atoms with Gasteiger partial charge < -0.3 is 9.88 Å². The van der Waals surface area contributed by atoms with Crippen molar-refractivity contribution in [2.75, 3.05) is 15.9 Å². The van der Waals surface area contributed by atoms with Gasteiger partial charge in [-0.1, -0.05) is 30.4 Å². The van der Waals surface area contributed by atoms with E-state index in [4.69, 9.17) is 0 Å². The lowest BCUT2D eigenvalue weighted by molar-refractivity contribution is -0.117. The number of carbonyl (C=O) groups excluding carboxylic acids is 1. The molecule has 1 atom stereocenters. The van der Waals surface area contributed by atoms with Crippen molar-refractivity contribution in [2.45, 2.75) is 26.3 Å². The van der Waals surface area contributed by atoms with Crippen molar-refractivity contribution in [3.05, 3.63) is 57.7 Å². The number of nitrogens with zero attached hydrogens (tertiary/aromatic N) is 2. The van der Waals surface area contributed by atoms with Crippen LogP contribution in [0, 0.1) is 6.92 Å². The van der Waals surface area contributed by atoms with E-state index >= 15 is 0 Å². The predicted octanol–water partition coefficient (Wildman–Crippen LogP) is 3.09. The molecule has 0 saturated carbocycles. The fraction of sp³-hybridized carbons (Fsp3) is 0.300. The molecule has 0 saturated heterocycles. The maximum atomic E-state index is 13.0. The van der Waals surface area contributed by atoms with E-state index in [1.165, 1.54) is 0 Å². The molecule has 1 N–H and O–H groups in total. The average molecular weight is 434 g/mol. The summed E-state index contributed by atoms with van der Waals surface area (Å²) >= 11 is 1.09. The van der Waals surface area contributed by atoms with Gasteiger partial charge in [-0.05, 0) is 49.2 Å². The Morgan fingerprint density at radius 1 is 1.24 bits per heavy atom. The topological polar surface area (TPSA) is 88.5 Å². The Balaban J connectivity index is 1.95. The number of hydrogen-bond acceptors (Lipinski definition) is 5. The maximum absolute atomic E-state index is 13.0. The van der Waals surface area contributed by atoms with Crippen molar-refractivity contribution < 1.29 is 13.2 Å². The van der Waals surface area contributed by atoms with Gasteiger partial charge in [0.05, 0.1) is 22.2 Å². The van der Waals surface area contributed by atoms with Gasteiger partial charge in [0.15, 0.2) is 0 Å². The summed E-state index contributed by atoms with van der Waals surface area (Å²) in [5.74, 6) is -0.429. The number of aryl methyl sites for hydroxylation is 2. The number of nitrogens with one attached hydrogen (secondary N) is 1. The van der Waals surface area contributed by atoms with Crippen molar-refractivity contribution >= 4 is 48.9 Å². The molecule has 0 aliphatic carbocycles. The first-order chi connectivity index (χ1) is 13.6. The van der Waals surface area contributed by atoms with Crippen LogP contribution in [0.1, 0.15) is 18.9 Å². The van der Waals surface area contributed by atoms with Crippen LogP contribution in [0.3, 0.4) is 0 Å². The van der Waals surface area contributed by atoms with E-state index in [-0.39, 0.29) is 4.87 Å². The molecule has 0 unspecified atom stereocenters. The summed E-state index contributed by atoms with van der Waals surface area (Å²) in [6, 6.07) is 11.3. The number of fused-ring (bicyclic) bond motifs is 1. The van der Waals surface area contributed by atoms with Gasteiger partial charge in [0.1, 0.15) is 6.04 Å². The molecule has 1 aromatic heterocycles. The minimum Gasteiger partial charge on any atom is -0.324 e. The van der Waals surface area contributed by atoms with Gasteiger partial charge in [0.2, 0.25) is 15.9 Å². The van der Waals surface area contributed by atoms with Crippen LogP contribution < -0.4 is 14.5 Å². The Morgan fingerprint density at radius 2 is 1.97 bits per heavy atom. The molecular formula is C20H23N3O4S2. The van der Waals surface area contributed by atoms with Crippen LogP contribution in [0.2, 0.25) is 0 Å². The third-order valence-electron chi connectivity index (χ3n) is 4.65. The van der Waals surface area contributed by atoms with Gasteiger partial charge in [-0.3, -0.25) is 13.9 Å². The first-order valence-corrected chi connectivity index (χ1v) is 11.7. The van der Waals surface area contributed by atoms with Crippen LogP contribution >= 0.6 is 11.3 Å². The molecule has 0 aliphatic rings. The van der Waals surface area contributed by atoms with E-state index in [0.29, 0.717) is 17.8 Å². The van der Waals surface area contributed by atoms with Gasteiger partial charge >= 0.3 is 4.87 Å². The van der Waals surface area contributed by atoms with Gasteiger partial charge in [0, 0.05) is 12.7 Å². The average Bonchev–Trinajstić information content (AvgIpc) is 2.91. The van der Waals surface area contributed by atoms with E-state index in [9.17, 15) is 18.0 Å². The molecule has 9 heteroatoms. The zero-order valence-electron chi connectivity index (χ0n) is 16.7. The third kappa shape index (κ3) is 4.35. The zero-order valence-corrected chi connectivity index (χ0v) is 18.3. The van der Waals surface area contributed by atoms with Gasteiger partial charge in [0.25, 0.3) is 0 Å². The monoisotopic (exact) mass is 433 g/mol. The quantitative estimate of drug-likeness (QED) is 0.647. The summed E-state index contributed by atoms with van der Waals surface area (Å²) in [6.07, 6.45) is 1.40. The summed E-state index contributed by atoms with van der Waals surface area (Å²) in [5, 5.41) is 2.80. The Bertz CT molecular complexity index is 1230. The lowest BCUT2D eigenvalue weighted by Crippen LogP contribution is -2.47. The summed E-state index contributed by atoms with van der Waals surface area (Å²) < 4.78 is 28.5. The summed E-state index contributed by atoms with van der Waals surface area (Å²) in [4.78, 5) is 24.8. The lowest BCUT2D eigenvalue weighted by Gasteiger charge is -2.30. The van der Waals surface area contributed by atoms with Crippen molar-refractivity contribution in [1.82, 2.24) is 4.57 Å². The van der Waals surface area contributed by atoms with Gasteiger partial charge in [-0.2, -0.15) is 0 Å². The number of sulfonamides is 1. The van der Waals surface area contributed by atoms with Crippen LogP contribution in [0.25, 0.3) is 10.2 Å². The Morgan fingerprint density at radius 3 is 2.59 bits per heavy atom. The van der Waals surface area contributed by atoms with Crippen molar-refractivity contribution in [2.24, 2.45) is 7.05 Å². The fourth-order valence-electron chi connectivity index (χ4n) is 3.26. The van der Waals surface area contributed by atoms with Gasteiger partial charge in [-0.15, -0.1) is 0 Å². The molecule has 29 heavy (non-hydrogen) atoms. The number of anilines is 2. The minimum absolute atomic E-state index is 0.0855. The molecule has 0 bridgehead atoms. The number of amides is 1. The van der Waals surface area contributed by atoms with Crippen LogP contribution in [-0.4, -0.2) is 31.2 Å². The third-order valence-corrected chi connectivity index (χ3v) is 6.82. The highest BCUT2D eigenvalue weighted by Crippen LogP contribution is 2.25. The number of carbonyl (C=O) groups is 1. The molecule has 0 fully saturated rings. The van der Waals surface area contributed by atoms with Crippen LogP contribution in [0.15, 0.2) is 47.3 Å². The first-order valence-electron chi connectivity index (χ1n) is 9.08. The number of aromatic nitrogens is 1. The highest BCUT2D eigenvalue weighted by Gasteiger charge is 2.31. The SMILES string of the molecule is CC[C@H](C(=O)Nc1ccc2c(c1)sc(=O)n2C)N(c1cccc(C)c1)S(C)(=O)=O. The second kappa shape index (κ2) is 8.00. The van der Waals surface area contributed by atoms with E-state index in [1.807, 2.05) is 13.0 Å². The standard InChI is InChI=1S/C20H23N3O4S2/c1-5-16(23(29(4,26)27)15-8-6-7-13(2)11-15)19(24)21-14-9-10-17-18(12-14)28-20(25)22(17)3/h6-12,16H,5H2,1-4H3,(H,21,24)/t16-/m1/s1. The molecule has 2 aromatic carbocycles. The van der Waals surface area contributed by atoms with Gasteiger partial charge in [-0.25, -0.2) is 8.42 Å². The largest absolute Gasteiger partial charge is 0.324 e. The summed E-state index contributed by atoms with van der Waals surface area (Å²) in [7, 11) is -2.00. The minimum atomic E-state index is -3.69. The fourth-order valence-corrected chi connectivity index (χ4v) is 5.38. The molecular weight excluding hydrogens is 410 g/mol. The van der Waals surface area contributed by atoms with Crippen LogP contribution in [0.5, 0.6) is 0 Å². The number of rotatable bonds is 6. The lowest BCUT2D eigenvalue weighted by atomic mass is 10.1. The first kappa shape index (κ1) is 21.1. The van der Waals surface area contributed by atoms with Crippen molar-refractivity contribution in [3.8, 4) is 0 Å². The summed E-state index contributed by atoms with van der Waals surface area (Å²) in [6.45, 7) is 3.63. The summed E-state index contributed by atoms with van der Waals surface area (Å²) in [5.41, 5.74) is 2.64. The second-order valence-electron chi connectivity index (χ2n) is 6.92. The Hall–Kier alpha value is -2.65. The van der Waals surface area contributed by atoms with Crippen molar-refractivity contribution in [1.29, 1.82) is 0 Å². The Kier molecular flexibility index (Phi) is 5.81. The number of hydrogen-bond donors (Lipinski definition) is 1. The molecule has 0 aliphatic heterocycles. The second-order valence-corrected chi connectivity index (χ2v) is 9.77. The van der Waals surface area contributed by atoms with E-state index in [0.717, 1.165) is 37.7 Å². The Labute approximate surface area is 173 Å². The molecule has 1 heterocycles. The van der Waals surface area contributed by atoms with E-state index in [2.05, 4.69) is 5.32 Å². The van der Waals surface area contributed by atoms with E-state index in [1.54, 1.807) is 54.9 Å². The maximum Gasteiger partial charge on any atom is 0.307 e. The highest BCUT2D eigenvalue weighted by atomic mass is 32.2. The molecule has 7 nitrogen and oxygen atoms in total. The zero-order chi connectivity index (χ0) is 21.3. The predicted molar refractivity (Wildman–Crippen MR) is 118 cm³/mol. The molecule has 0 spiro atoms. The number of thiazole rings is 1. The van der Waals surface area contributed by atoms with E-state index < -0.39 is 22.0 Å². The normalized spacial score (nSPS) is 12.7. The molecule has 3 aromatic rings. The molecule has 154 valence electrons. The smallest absolute Gasteiger partial charge is 0.307 e. The molecule has 3 rings (SSSR count). The molecule has 0 radical (unpaired) electrons.